The van der Waals surface area contributed by atoms with Crippen LogP contribution in [0.25, 0.3) is 0 Å². The van der Waals surface area contributed by atoms with Gasteiger partial charge in [0.05, 0.1) is 18.9 Å². The van der Waals surface area contributed by atoms with Gasteiger partial charge in [-0.3, -0.25) is 0 Å². The van der Waals surface area contributed by atoms with Gasteiger partial charge in [-0.1, -0.05) is 0 Å². The molecule has 0 aliphatic rings. The van der Waals surface area contributed by atoms with Crippen LogP contribution in [-0.2, 0) is 6.61 Å². The summed E-state index contributed by atoms with van der Waals surface area (Å²) in [5, 5.41) is 24.9. The average molecular weight is 421 g/mol. The van der Waals surface area contributed by atoms with Gasteiger partial charge in [0.1, 0.15) is 17.4 Å². The predicted octanol–water partition coefficient (Wildman–Crippen LogP) is 3.40. The lowest BCUT2D eigenvalue weighted by Crippen LogP contribution is -2.21. The fourth-order valence-corrected chi connectivity index (χ4v) is 2.33. The zero-order valence-electron chi connectivity index (χ0n) is 14.6. The molecule has 2 amide bonds. The number of ether oxygens (including phenoxy) is 1. The van der Waals surface area contributed by atoms with Crippen molar-refractivity contribution in [3.8, 4) is 5.75 Å². The van der Waals surface area contributed by atoms with Crippen LogP contribution in [0.15, 0.2) is 30.3 Å². The number of urea groups is 1. The Morgan fingerprint density at radius 2 is 1.69 bits per heavy atom. The van der Waals surface area contributed by atoms with Crippen LogP contribution >= 0.6 is 0 Å². The SMILES string of the molecule is O=C(Nc1cc(NCCO)cc(OC(F)(F)F)c1)Nc1cc(F)cc(F)c1CO. The second-order valence-corrected chi connectivity index (χ2v) is 5.60. The molecule has 0 saturated carbocycles. The summed E-state index contributed by atoms with van der Waals surface area (Å²) in [6.45, 7) is -1.11. The van der Waals surface area contributed by atoms with E-state index in [4.69, 9.17) is 5.11 Å². The van der Waals surface area contributed by atoms with E-state index in [1.807, 2.05) is 0 Å². The van der Waals surface area contributed by atoms with Gasteiger partial charge in [-0.25, -0.2) is 13.6 Å². The standard InChI is InChI=1S/C17H16F5N3O4/c18-9-3-14(19)13(8-27)15(4-9)25-16(28)24-11-5-10(23-1-2-26)6-12(7-11)29-17(20,21)22/h3-7,23,26-27H,1-2,8H2,(H2,24,25,28). The first-order valence-corrected chi connectivity index (χ1v) is 8.03. The molecule has 5 N–H and O–H groups in total. The summed E-state index contributed by atoms with van der Waals surface area (Å²) in [4.78, 5) is 12.1. The fourth-order valence-electron chi connectivity index (χ4n) is 2.33. The Hall–Kier alpha value is -3.12. The summed E-state index contributed by atoms with van der Waals surface area (Å²) >= 11 is 0. The summed E-state index contributed by atoms with van der Waals surface area (Å²) in [5.74, 6) is -2.74. The number of carbonyl (C=O) groups excluding carboxylic acids is 1. The molecule has 0 atom stereocenters. The van der Waals surface area contributed by atoms with Crippen molar-refractivity contribution in [2.45, 2.75) is 13.0 Å². The summed E-state index contributed by atoms with van der Waals surface area (Å²) in [5.41, 5.74) is -0.777. The van der Waals surface area contributed by atoms with Crippen LogP contribution in [-0.4, -0.2) is 35.8 Å². The molecule has 29 heavy (non-hydrogen) atoms. The highest BCUT2D eigenvalue weighted by molar-refractivity contribution is 6.00. The number of nitrogens with one attached hydrogen (secondary N) is 3. The van der Waals surface area contributed by atoms with Gasteiger partial charge < -0.3 is 30.9 Å². The van der Waals surface area contributed by atoms with Gasteiger partial charge in [-0.05, 0) is 12.1 Å². The molecule has 2 aromatic rings. The van der Waals surface area contributed by atoms with Crippen LogP contribution < -0.4 is 20.7 Å². The zero-order valence-corrected chi connectivity index (χ0v) is 14.6. The molecule has 0 spiro atoms. The molecule has 158 valence electrons. The third-order valence-corrected chi connectivity index (χ3v) is 3.41. The first-order chi connectivity index (χ1) is 13.6. The number of aliphatic hydroxyl groups is 2. The molecule has 0 aliphatic heterocycles. The molecule has 12 heteroatoms. The Morgan fingerprint density at radius 1 is 1.00 bits per heavy atom. The first kappa shape index (κ1) is 22.2. The van der Waals surface area contributed by atoms with Gasteiger partial charge in [0.2, 0.25) is 0 Å². The molecule has 0 saturated heterocycles. The molecule has 2 aromatic carbocycles. The maximum Gasteiger partial charge on any atom is 0.573 e. The molecular formula is C17H16F5N3O4. The van der Waals surface area contributed by atoms with E-state index in [0.29, 0.717) is 6.07 Å². The molecule has 2 rings (SSSR count). The largest absolute Gasteiger partial charge is 0.573 e. The highest BCUT2D eigenvalue weighted by atomic mass is 19.4. The van der Waals surface area contributed by atoms with Crippen molar-refractivity contribution in [2.24, 2.45) is 0 Å². The molecule has 7 nitrogen and oxygen atoms in total. The molecule has 0 heterocycles. The van der Waals surface area contributed by atoms with Crippen molar-refractivity contribution in [3.05, 3.63) is 47.5 Å². The predicted molar refractivity (Wildman–Crippen MR) is 93.6 cm³/mol. The van der Waals surface area contributed by atoms with E-state index in [1.54, 1.807) is 0 Å². The van der Waals surface area contributed by atoms with Gasteiger partial charge >= 0.3 is 12.4 Å². The number of hydrogen-bond donors (Lipinski definition) is 5. The van der Waals surface area contributed by atoms with Crippen LogP contribution in [0.5, 0.6) is 5.75 Å². The lowest BCUT2D eigenvalue weighted by molar-refractivity contribution is -0.274. The zero-order chi connectivity index (χ0) is 21.6. The number of hydrogen-bond acceptors (Lipinski definition) is 5. The number of amides is 2. The van der Waals surface area contributed by atoms with Crippen molar-refractivity contribution in [1.82, 2.24) is 0 Å². The summed E-state index contributed by atoms with van der Waals surface area (Å²) in [7, 11) is 0. The average Bonchev–Trinajstić information content (AvgIpc) is 2.57. The van der Waals surface area contributed by atoms with Crippen LogP contribution in [0.3, 0.4) is 0 Å². The number of aliphatic hydroxyl groups excluding tert-OH is 2. The maximum absolute atomic E-state index is 13.6. The molecule has 0 aliphatic carbocycles. The van der Waals surface area contributed by atoms with E-state index in [9.17, 15) is 31.9 Å². The van der Waals surface area contributed by atoms with Crippen LogP contribution in [0.1, 0.15) is 5.56 Å². The van der Waals surface area contributed by atoms with Crippen molar-refractivity contribution in [2.75, 3.05) is 29.1 Å². The van der Waals surface area contributed by atoms with Crippen molar-refractivity contribution < 1.29 is 41.7 Å². The number of anilines is 3. The van der Waals surface area contributed by atoms with Gasteiger partial charge in [0.25, 0.3) is 0 Å². The quantitative estimate of drug-likeness (QED) is 0.441. The summed E-state index contributed by atoms with van der Waals surface area (Å²) in [6.07, 6.45) is -4.98. The number of benzene rings is 2. The highest BCUT2D eigenvalue weighted by Gasteiger charge is 2.31. The Kier molecular flexibility index (Phi) is 7.18. The lowest BCUT2D eigenvalue weighted by Gasteiger charge is -2.15. The van der Waals surface area contributed by atoms with Crippen molar-refractivity contribution in [1.29, 1.82) is 0 Å². The van der Waals surface area contributed by atoms with Gasteiger partial charge in [0, 0.05) is 41.7 Å². The smallest absolute Gasteiger partial charge is 0.406 e. The number of alkyl halides is 3. The molecule has 0 unspecified atom stereocenters. The Morgan fingerprint density at radius 3 is 2.31 bits per heavy atom. The van der Waals surface area contributed by atoms with E-state index < -0.39 is 36.4 Å². The maximum atomic E-state index is 13.6. The van der Waals surface area contributed by atoms with Gasteiger partial charge in [-0.2, -0.15) is 0 Å². The van der Waals surface area contributed by atoms with Crippen LogP contribution in [0, 0.1) is 11.6 Å². The molecule has 0 fully saturated rings. The minimum Gasteiger partial charge on any atom is -0.406 e. The lowest BCUT2D eigenvalue weighted by atomic mass is 10.1. The van der Waals surface area contributed by atoms with E-state index in [0.717, 1.165) is 18.2 Å². The van der Waals surface area contributed by atoms with E-state index in [-0.39, 0.29) is 35.8 Å². The summed E-state index contributed by atoms with van der Waals surface area (Å²) in [6, 6.07) is 3.37. The van der Waals surface area contributed by atoms with Gasteiger partial charge in [0.15, 0.2) is 0 Å². The second kappa shape index (κ2) is 9.39. The molecule has 0 bridgehead atoms. The van der Waals surface area contributed by atoms with E-state index in [1.165, 1.54) is 6.07 Å². The molecule has 0 radical (unpaired) electrons. The Bertz CT molecular complexity index is 877. The van der Waals surface area contributed by atoms with Gasteiger partial charge in [-0.15, -0.1) is 13.2 Å². The van der Waals surface area contributed by atoms with E-state index >= 15 is 0 Å². The van der Waals surface area contributed by atoms with E-state index in [2.05, 4.69) is 20.7 Å². The highest BCUT2D eigenvalue weighted by Crippen LogP contribution is 2.29. The number of carbonyl (C=O) groups is 1. The van der Waals surface area contributed by atoms with Crippen molar-refractivity contribution in [3.63, 3.8) is 0 Å². The van der Waals surface area contributed by atoms with Crippen LogP contribution in [0.4, 0.5) is 43.8 Å². The minimum atomic E-state index is -4.98. The number of rotatable bonds is 7. The van der Waals surface area contributed by atoms with Crippen LogP contribution in [0.2, 0.25) is 0 Å². The fraction of sp³-hybridized carbons (Fsp3) is 0.235. The van der Waals surface area contributed by atoms with Crippen molar-refractivity contribution >= 4 is 23.1 Å². The number of halogens is 5. The molecule has 0 aromatic heterocycles. The summed E-state index contributed by atoms with van der Waals surface area (Å²) < 4.78 is 68.3. The Labute approximate surface area is 161 Å². The monoisotopic (exact) mass is 421 g/mol. The molecular weight excluding hydrogens is 405 g/mol. The Balaban J connectivity index is 2.23. The topological polar surface area (TPSA) is 103 Å². The normalized spacial score (nSPS) is 11.1. The third-order valence-electron chi connectivity index (χ3n) is 3.41. The third kappa shape index (κ3) is 6.76. The second-order valence-electron chi connectivity index (χ2n) is 5.60. The minimum absolute atomic E-state index is 0.0174. The first-order valence-electron chi connectivity index (χ1n) is 8.03.